The zero-order valence-electron chi connectivity index (χ0n) is 33.8. The summed E-state index contributed by atoms with van der Waals surface area (Å²) in [5.74, 6) is -1.46. The fourth-order valence-electron chi connectivity index (χ4n) is 10.4. The molecular weight excluding hydrogens is 770 g/mol. The van der Waals surface area contributed by atoms with Crippen LogP contribution in [0.25, 0.3) is 11.0 Å². The van der Waals surface area contributed by atoms with Gasteiger partial charge in [-0.25, -0.2) is 14.4 Å². The Morgan fingerprint density at radius 2 is 1.67 bits per heavy atom. The summed E-state index contributed by atoms with van der Waals surface area (Å²) in [6.45, 7) is 4.25. The summed E-state index contributed by atoms with van der Waals surface area (Å²) in [7, 11) is 3.54. The van der Waals surface area contributed by atoms with Crippen molar-refractivity contribution >= 4 is 63.7 Å². The second-order valence-electron chi connectivity index (χ2n) is 17.4. The van der Waals surface area contributed by atoms with E-state index in [0.717, 1.165) is 98.8 Å². The van der Waals surface area contributed by atoms with Crippen LogP contribution in [0.1, 0.15) is 95.0 Å². The predicted octanol–water partition coefficient (Wildman–Crippen LogP) is 4.11. The Labute approximate surface area is 346 Å². The van der Waals surface area contributed by atoms with Crippen molar-refractivity contribution in [1.82, 2.24) is 39.5 Å². The van der Waals surface area contributed by atoms with Gasteiger partial charge in [0, 0.05) is 82.9 Å². The van der Waals surface area contributed by atoms with Crippen LogP contribution in [0.5, 0.6) is 0 Å². The summed E-state index contributed by atoms with van der Waals surface area (Å²) in [6, 6.07) is 8.03. The summed E-state index contributed by atoms with van der Waals surface area (Å²) >= 11 is 0. The van der Waals surface area contributed by atoms with E-state index in [1.165, 1.54) is 6.07 Å². The number of pyridine rings is 1. The monoisotopic (exact) mass is 817 g/mol. The molecule has 2 bridgehead atoms. The zero-order chi connectivity index (χ0) is 41.4. The number of imide groups is 2. The van der Waals surface area contributed by atoms with Crippen molar-refractivity contribution in [3.8, 4) is 0 Å². The highest BCUT2D eigenvalue weighted by Gasteiger charge is 2.48. The molecule has 3 atom stereocenters. The van der Waals surface area contributed by atoms with Gasteiger partial charge in [-0.3, -0.25) is 39.1 Å². The smallest absolute Gasteiger partial charge is 0.270 e. The molecule has 3 aromatic heterocycles. The third-order valence-corrected chi connectivity index (χ3v) is 13.5. The lowest BCUT2D eigenvalue weighted by Gasteiger charge is -2.39. The zero-order valence-corrected chi connectivity index (χ0v) is 33.8. The van der Waals surface area contributed by atoms with Gasteiger partial charge >= 0.3 is 0 Å². The Morgan fingerprint density at radius 3 is 2.35 bits per heavy atom. The van der Waals surface area contributed by atoms with Crippen molar-refractivity contribution in [3.63, 3.8) is 0 Å². The molecule has 10 rings (SSSR count). The van der Waals surface area contributed by atoms with E-state index in [1.807, 2.05) is 23.2 Å². The van der Waals surface area contributed by atoms with Crippen LogP contribution in [0.15, 0.2) is 42.7 Å². The lowest BCUT2D eigenvalue weighted by atomic mass is 9.95. The van der Waals surface area contributed by atoms with Crippen molar-refractivity contribution in [1.29, 1.82) is 0 Å². The normalized spacial score (nSPS) is 23.6. The molecule has 0 spiro atoms. The number of piperazine rings is 1. The van der Waals surface area contributed by atoms with Crippen LogP contribution >= 0.6 is 0 Å². The highest BCUT2D eigenvalue weighted by atomic mass is 19.1. The summed E-state index contributed by atoms with van der Waals surface area (Å²) < 4.78 is 17.8. The Bertz CT molecular complexity index is 2420. The molecule has 1 aliphatic carbocycles. The van der Waals surface area contributed by atoms with Crippen LogP contribution in [0.3, 0.4) is 0 Å². The number of likely N-dealkylation sites (tertiary alicyclic amines) is 1. The molecule has 0 radical (unpaired) electrons. The first kappa shape index (κ1) is 38.2. The Morgan fingerprint density at radius 1 is 0.900 bits per heavy atom. The maximum Gasteiger partial charge on any atom is 0.270 e. The van der Waals surface area contributed by atoms with Gasteiger partial charge in [-0.2, -0.15) is 4.98 Å². The maximum atomic E-state index is 15.7. The Kier molecular flexibility index (Phi) is 9.52. The molecule has 1 unspecified atom stereocenters. The average molecular weight is 818 g/mol. The first-order valence-electron chi connectivity index (χ1n) is 21.1. The van der Waals surface area contributed by atoms with Crippen LogP contribution < -0.4 is 20.4 Å². The highest BCUT2D eigenvalue weighted by Crippen LogP contribution is 2.40. The van der Waals surface area contributed by atoms with E-state index in [1.54, 1.807) is 25.2 Å². The van der Waals surface area contributed by atoms with Gasteiger partial charge in [0.25, 0.3) is 17.7 Å². The second-order valence-corrected chi connectivity index (χ2v) is 17.4. The summed E-state index contributed by atoms with van der Waals surface area (Å²) in [5.41, 5.74) is 2.82. The fourth-order valence-corrected chi connectivity index (χ4v) is 10.4. The van der Waals surface area contributed by atoms with Crippen molar-refractivity contribution < 1.29 is 28.4 Å². The lowest BCUT2D eigenvalue weighted by molar-refractivity contribution is -0.136. The van der Waals surface area contributed by atoms with E-state index >= 15 is 4.39 Å². The molecule has 312 valence electrons. The van der Waals surface area contributed by atoms with E-state index in [-0.39, 0.29) is 48.0 Å². The molecule has 6 aliphatic rings. The van der Waals surface area contributed by atoms with E-state index in [9.17, 15) is 24.0 Å². The number of benzene rings is 1. The number of nitrogens with zero attached hydrogens (tertiary/aromatic N) is 9. The van der Waals surface area contributed by atoms with Gasteiger partial charge in [-0.15, -0.1) is 0 Å². The first-order valence-corrected chi connectivity index (χ1v) is 21.1. The summed E-state index contributed by atoms with van der Waals surface area (Å²) in [4.78, 5) is 87.4. The van der Waals surface area contributed by atoms with E-state index in [4.69, 9.17) is 9.97 Å². The van der Waals surface area contributed by atoms with E-state index < -0.39 is 35.5 Å². The number of halogens is 1. The van der Waals surface area contributed by atoms with Gasteiger partial charge in [0.1, 0.15) is 29.0 Å². The minimum atomic E-state index is -1.09. The van der Waals surface area contributed by atoms with Gasteiger partial charge < -0.3 is 24.6 Å². The highest BCUT2D eigenvalue weighted by molar-refractivity contribution is 6.23. The molecule has 60 heavy (non-hydrogen) atoms. The number of rotatable bonds is 9. The van der Waals surface area contributed by atoms with Crippen molar-refractivity contribution in [2.45, 2.75) is 82.0 Å². The van der Waals surface area contributed by atoms with E-state index in [0.29, 0.717) is 35.6 Å². The molecule has 1 aromatic carbocycles. The number of carbonyl (C=O) groups is 5. The molecule has 2 N–H and O–H groups in total. The molecule has 1 saturated carbocycles. The van der Waals surface area contributed by atoms with Gasteiger partial charge in [0.05, 0.1) is 28.7 Å². The second kappa shape index (κ2) is 14.9. The molecule has 8 heterocycles. The number of aromatic nitrogens is 4. The van der Waals surface area contributed by atoms with Crippen LogP contribution in [0.4, 0.5) is 27.5 Å². The van der Waals surface area contributed by atoms with Crippen molar-refractivity contribution in [2.24, 2.45) is 5.92 Å². The molecule has 16 nitrogen and oxygen atoms in total. The van der Waals surface area contributed by atoms with Crippen molar-refractivity contribution in [2.75, 3.05) is 61.9 Å². The van der Waals surface area contributed by atoms with Gasteiger partial charge in [-0.1, -0.05) is 12.8 Å². The molecule has 17 heteroatoms. The number of piperidine rings is 2. The van der Waals surface area contributed by atoms with Crippen LogP contribution in [-0.4, -0.2) is 129 Å². The number of hydrogen-bond donors (Lipinski definition) is 2. The molecule has 5 aliphatic heterocycles. The molecule has 5 amide bonds. The largest absolute Gasteiger partial charge is 0.370 e. The van der Waals surface area contributed by atoms with Gasteiger partial charge in [-0.05, 0) is 74.8 Å². The van der Waals surface area contributed by atoms with Gasteiger partial charge in [0.15, 0.2) is 0 Å². The minimum Gasteiger partial charge on any atom is -0.370 e. The van der Waals surface area contributed by atoms with Gasteiger partial charge in [0.2, 0.25) is 17.8 Å². The number of carbonyl (C=O) groups excluding carboxylic acids is 5. The SMILES string of the molecule is CN(C)C(=O)c1cc2cnc(Nc3ccc(N4CCC(CN5C[C@H]6C[C@@H]5CN6c5cc6c(cc5F)C(=O)N(C5CCC(=O)NC5=O)C6=O)CC4)cn3)nc2n1C1CCCC1. The third kappa shape index (κ3) is 6.62. The van der Waals surface area contributed by atoms with Crippen LogP contribution in [-0.2, 0) is 9.59 Å². The van der Waals surface area contributed by atoms with Crippen LogP contribution in [0, 0.1) is 11.7 Å². The topological polar surface area (TPSA) is 169 Å². The standard InChI is InChI=1S/C43H48FN11O5/c1-50(2)42(60)35-15-25-19-46-43(49-38(25)54(35)26-5-3-4-6-26)47-36-9-7-27(20-45-36)51-13-11-24(12-14-51)21-52-22-29-16-28(52)23-53(29)34-18-31-30(17-32(34)44)40(58)55(41(31)59)33-8-10-37(56)48-39(33)57/h7,9,15,17-20,24,26,28-29,33H,3-6,8,10-14,16,21-23H2,1-2H3,(H,48,56,57)(H,45,46,47,49)/t28-,29-,33?/m1/s1. The Balaban J connectivity index is 0.736. The van der Waals surface area contributed by atoms with Crippen LogP contribution in [0.2, 0.25) is 0 Å². The number of nitrogens with one attached hydrogen (secondary N) is 2. The maximum absolute atomic E-state index is 15.7. The lowest BCUT2D eigenvalue weighted by Crippen LogP contribution is -2.54. The summed E-state index contributed by atoms with van der Waals surface area (Å²) in [5, 5.41) is 6.31. The third-order valence-electron chi connectivity index (χ3n) is 13.5. The van der Waals surface area contributed by atoms with Crippen molar-refractivity contribution in [3.05, 3.63) is 65.4 Å². The summed E-state index contributed by atoms with van der Waals surface area (Å²) in [6.07, 6.45) is 11.0. The molecule has 4 aromatic rings. The number of hydrogen-bond acceptors (Lipinski definition) is 12. The molecular formula is C43H48FN11O5. The average Bonchev–Trinajstić information content (AvgIpc) is 4.09. The first-order chi connectivity index (χ1) is 29.0. The number of amides is 5. The molecule has 4 saturated heterocycles. The fraction of sp³-hybridized carbons (Fsp3) is 0.488. The molecule has 5 fully saturated rings. The van der Waals surface area contributed by atoms with E-state index in [2.05, 4.69) is 36.1 Å². The number of fused-ring (bicyclic) bond motifs is 4. The quantitative estimate of drug-likeness (QED) is 0.233. The predicted molar refractivity (Wildman–Crippen MR) is 220 cm³/mol. The minimum absolute atomic E-state index is 0.0240. The number of anilines is 4. The Hall–Kier alpha value is -5.97.